The molecule has 0 fully saturated rings. The molecule has 0 aliphatic heterocycles. The molecule has 18 heavy (non-hydrogen) atoms. The van der Waals surface area contributed by atoms with E-state index in [9.17, 15) is 26.1 Å². The lowest BCUT2D eigenvalue weighted by molar-refractivity contribution is -0.180. The van der Waals surface area contributed by atoms with Crippen LogP contribution in [0.4, 0.5) is 13.2 Å². The first-order valence-electron chi connectivity index (χ1n) is 4.89. The van der Waals surface area contributed by atoms with Crippen molar-refractivity contribution in [2.24, 2.45) is 0 Å². The fourth-order valence-electron chi connectivity index (χ4n) is 1.49. The summed E-state index contributed by atoms with van der Waals surface area (Å²) in [6.45, 7) is 2.21. The minimum Gasteiger partial charge on any atom is -0.748 e. The second-order valence-electron chi connectivity index (χ2n) is 4.25. The molecule has 1 atom stereocenters. The number of pyridine rings is 1. The summed E-state index contributed by atoms with van der Waals surface area (Å²) < 4.78 is 71.0. The van der Waals surface area contributed by atoms with Gasteiger partial charge in [0.2, 0.25) is 0 Å². The fourth-order valence-corrected chi connectivity index (χ4v) is 2.51. The maximum Gasteiger partial charge on any atom is 0.400 e. The summed E-state index contributed by atoms with van der Waals surface area (Å²) in [5.74, 6) is -1.57. The average molecular weight is 282 g/mol. The summed E-state index contributed by atoms with van der Waals surface area (Å²) in [5.41, 5.74) is -2.78. The molecule has 1 rings (SSSR count). The Morgan fingerprint density at radius 1 is 1.39 bits per heavy atom. The number of halogens is 3. The molecule has 4 nitrogen and oxygen atoms in total. The van der Waals surface area contributed by atoms with Crippen molar-refractivity contribution in [3.63, 3.8) is 0 Å². The van der Waals surface area contributed by atoms with Gasteiger partial charge in [0.1, 0.15) is 5.41 Å². The highest BCUT2D eigenvalue weighted by atomic mass is 32.2. The molecule has 0 radical (unpaired) electrons. The van der Waals surface area contributed by atoms with Crippen molar-refractivity contribution in [2.45, 2.75) is 25.4 Å². The molecule has 102 valence electrons. The van der Waals surface area contributed by atoms with Gasteiger partial charge in [0.15, 0.2) is 0 Å². The van der Waals surface area contributed by atoms with Crippen molar-refractivity contribution in [3.05, 3.63) is 29.6 Å². The highest BCUT2D eigenvalue weighted by Gasteiger charge is 2.54. The first-order valence-corrected chi connectivity index (χ1v) is 6.47. The Kier molecular flexibility index (Phi) is 3.73. The zero-order valence-electron chi connectivity index (χ0n) is 9.65. The first kappa shape index (κ1) is 14.9. The van der Waals surface area contributed by atoms with Crippen LogP contribution < -0.4 is 0 Å². The Hall–Kier alpha value is -1.15. The van der Waals surface area contributed by atoms with Gasteiger partial charge < -0.3 is 4.55 Å². The SMILES string of the molecule is Cc1ccnc(C(C)(CS(=O)(=O)[O-])C(F)(F)F)c1. The Balaban J connectivity index is 3.39. The molecule has 8 heteroatoms. The van der Waals surface area contributed by atoms with E-state index in [1.54, 1.807) is 6.92 Å². The minimum absolute atomic E-state index is 0.477. The first-order chi connectivity index (χ1) is 7.96. The highest BCUT2D eigenvalue weighted by molar-refractivity contribution is 7.85. The van der Waals surface area contributed by atoms with Crippen LogP contribution in [0, 0.1) is 6.92 Å². The summed E-state index contributed by atoms with van der Waals surface area (Å²) in [6, 6.07) is 2.60. The summed E-state index contributed by atoms with van der Waals surface area (Å²) >= 11 is 0. The van der Waals surface area contributed by atoms with Crippen LogP contribution in [0.25, 0.3) is 0 Å². The molecule has 1 aromatic heterocycles. The van der Waals surface area contributed by atoms with Crippen molar-refractivity contribution < 1.29 is 26.1 Å². The molecule has 0 bridgehead atoms. The molecule has 1 unspecified atom stereocenters. The van der Waals surface area contributed by atoms with Crippen LogP contribution in [-0.2, 0) is 15.5 Å². The maximum absolute atomic E-state index is 13.0. The largest absolute Gasteiger partial charge is 0.748 e. The lowest BCUT2D eigenvalue weighted by atomic mass is 9.87. The predicted octanol–water partition coefficient (Wildman–Crippen LogP) is 1.76. The zero-order valence-corrected chi connectivity index (χ0v) is 10.5. The molecular formula is C10H11F3NO3S-. The molecular weight excluding hydrogens is 271 g/mol. The van der Waals surface area contributed by atoms with E-state index in [-0.39, 0.29) is 0 Å². The third-order valence-corrected chi connectivity index (χ3v) is 3.50. The smallest absolute Gasteiger partial charge is 0.400 e. The molecule has 0 saturated carbocycles. The lowest BCUT2D eigenvalue weighted by Gasteiger charge is -2.32. The molecule has 0 aromatic carbocycles. The molecule has 0 spiro atoms. The summed E-state index contributed by atoms with van der Waals surface area (Å²) in [4.78, 5) is 3.54. The zero-order chi connectivity index (χ0) is 14.2. The third kappa shape index (κ3) is 3.20. The van der Waals surface area contributed by atoms with Crippen LogP contribution in [0.2, 0.25) is 0 Å². The van der Waals surface area contributed by atoms with Crippen LogP contribution in [0.1, 0.15) is 18.2 Å². The number of rotatable bonds is 3. The molecule has 0 aliphatic rings. The summed E-state index contributed by atoms with van der Waals surface area (Å²) in [5, 5.41) is 0. The van der Waals surface area contributed by atoms with E-state index in [1.807, 2.05) is 0 Å². The molecule has 0 amide bonds. The van der Waals surface area contributed by atoms with E-state index in [0.717, 1.165) is 12.3 Å². The van der Waals surface area contributed by atoms with Crippen molar-refractivity contribution in [2.75, 3.05) is 5.75 Å². The molecule has 0 N–H and O–H groups in total. The number of hydrogen-bond acceptors (Lipinski definition) is 4. The van der Waals surface area contributed by atoms with Gasteiger partial charge in [-0.15, -0.1) is 0 Å². The highest BCUT2D eigenvalue weighted by Crippen LogP contribution is 2.41. The van der Waals surface area contributed by atoms with Gasteiger partial charge in [-0.25, -0.2) is 8.42 Å². The molecule has 0 saturated heterocycles. The number of hydrogen-bond donors (Lipinski definition) is 0. The van der Waals surface area contributed by atoms with E-state index in [2.05, 4.69) is 4.98 Å². The van der Waals surface area contributed by atoms with Crippen molar-refractivity contribution in [1.82, 2.24) is 4.98 Å². The number of aryl methyl sites for hydroxylation is 1. The normalized spacial score (nSPS) is 16.3. The van der Waals surface area contributed by atoms with E-state index < -0.39 is 33.2 Å². The van der Waals surface area contributed by atoms with Crippen LogP contribution in [0.5, 0.6) is 0 Å². The molecule has 1 heterocycles. The van der Waals surface area contributed by atoms with E-state index in [4.69, 9.17) is 0 Å². The van der Waals surface area contributed by atoms with Gasteiger partial charge in [0, 0.05) is 6.20 Å². The topological polar surface area (TPSA) is 70.1 Å². The number of alkyl halides is 3. The standard InChI is InChI=1S/C10H12F3NO3S/c1-7-3-4-14-8(5-7)9(2,10(11,12)13)6-18(15,16)17/h3-5H,6H2,1-2H3,(H,15,16,17)/p-1. The number of aromatic nitrogens is 1. The Labute approximate surface area is 103 Å². The number of nitrogens with zero attached hydrogens (tertiary/aromatic N) is 1. The van der Waals surface area contributed by atoms with E-state index in [1.165, 1.54) is 6.07 Å². The Bertz CT molecular complexity index is 542. The quantitative estimate of drug-likeness (QED) is 0.792. The third-order valence-electron chi connectivity index (χ3n) is 2.57. The molecule has 0 aliphatic carbocycles. The summed E-state index contributed by atoms with van der Waals surface area (Å²) in [7, 11) is -5.04. The average Bonchev–Trinajstić information content (AvgIpc) is 2.13. The Morgan fingerprint density at radius 2 is 1.94 bits per heavy atom. The van der Waals surface area contributed by atoms with Gasteiger partial charge in [0.25, 0.3) is 0 Å². The van der Waals surface area contributed by atoms with Gasteiger partial charge >= 0.3 is 6.18 Å². The van der Waals surface area contributed by atoms with E-state index in [0.29, 0.717) is 12.5 Å². The second-order valence-corrected chi connectivity index (χ2v) is 5.65. The van der Waals surface area contributed by atoms with Gasteiger partial charge in [-0.2, -0.15) is 13.2 Å². The van der Waals surface area contributed by atoms with Gasteiger partial charge in [-0.3, -0.25) is 4.98 Å². The van der Waals surface area contributed by atoms with Crippen LogP contribution in [0.15, 0.2) is 18.3 Å². The van der Waals surface area contributed by atoms with Crippen LogP contribution in [-0.4, -0.2) is 29.9 Å². The second kappa shape index (κ2) is 4.51. The lowest BCUT2D eigenvalue weighted by Crippen LogP contribution is -2.46. The summed E-state index contributed by atoms with van der Waals surface area (Å²) in [6.07, 6.45) is -3.74. The fraction of sp³-hybridized carbons (Fsp3) is 0.500. The van der Waals surface area contributed by atoms with Crippen LogP contribution >= 0.6 is 0 Å². The van der Waals surface area contributed by atoms with Crippen molar-refractivity contribution in [3.8, 4) is 0 Å². The van der Waals surface area contributed by atoms with E-state index >= 15 is 0 Å². The van der Waals surface area contributed by atoms with Crippen LogP contribution in [0.3, 0.4) is 0 Å². The predicted molar refractivity (Wildman–Crippen MR) is 56.9 cm³/mol. The maximum atomic E-state index is 13.0. The van der Waals surface area contributed by atoms with Crippen molar-refractivity contribution in [1.29, 1.82) is 0 Å². The van der Waals surface area contributed by atoms with Gasteiger partial charge in [-0.05, 0) is 31.5 Å². The minimum atomic E-state index is -5.04. The van der Waals surface area contributed by atoms with Crippen molar-refractivity contribution >= 4 is 10.1 Å². The monoisotopic (exact) mass is 282 g/mol. The molecule has 1 aromatic rings. The van der Waals surface area contributed by atoms with Gasteiger partial charge in [0.05, 0.1) is 21.6 Å². The van der Waals surface area contributed by atoms with Gasteiger partial charge in [-0.1, -0.05) is 0 Å². The Morgan fingerprint density at radius 3 is 2.33 bits per heavy atom.